The van der Waals surface area contributed by atoms with E-state index in [1.54, 1.807) is 11.5 Å². The molecule has 2 amide bonds. The van der Waals surface area contributed by atoms with Crippen molar-refractivity contribution in [2.75, 3.05) is 18.8 Å². The topological polar surface area (TPSA) is 178 Å². The average molecular weight is 443 g/mol. The number of nitrogen functional groups attached to an aromatic ring is 1. The van der Waals surface area contributed by atoms with Crippen LogP contribution in [0.2, 0.25) is 0 Å². The first-order valence-electron chi connectivity index (χ1n) is 10.5. The number of aliphatic hydroxyl groups is 2. The Hall–Kier alpha value is -3.27. The number of ether oxygens (including phenoxy) is 1. The Morgan fingerprint density at radius 2 is 2.28 bits per heavy atom. The first-order chi connectivity index (χ1) is 15.3. The van der Waals surface area contributed by atoms with Crippen LogP contribution in [-0.4, -0.2) is 72.4 Å². The van der Waals surface area contributed by atoms with E-state index in [2.05, 4.69) is 37.4 Å². The van der Waals surface area contributed by atoms with E-state index in [1.165, 1.54) is 6.33 Å². The van der Waals surface area contributed by atoms with Gasteiger partial charge in [-0.05, 0) is 38.0 Å². The lowest BCUT2D eigenvalue weighted by atomic mass is 9.98. The van der Waals surface area contributed by atoms with E-state index in [0.717, 1.165) is 6.42 Å². The highest BCUT2D eigenvalue weighted by atomic mass is 16.5. The molecule has 6 N–H and O–H groups in total. The highest BCUT2D eigenvalue weighted by Gasteiger charge is 2.40. The summed E-state index contributed by atoms with van der Waals surface area (Å²) in [5.74, 6) is 4.34. The van der Waals surface area contributed by atoms with E-state index in [0.29, 0.717) is 30.7 Å². The smallest absolute Gasteiger partial charge is 0.264 e. The van der Waals surface area contributed by atoms with Crippen molar-refractivity contribution in [1.29, 1.82) is 0 Å². The van der Waals surface area contributed by atoms with Crippen molar-refractivity contribution in [3.8, 4) is 11.8 Å². The summed E-state index contributed by atoms with van der Waals surface area (Å²) >= 11 is 0. The van der Waals surface area contributed by atoms with E-state index in [9.17, 15) is 19.8 Å². The van der Waals surface area contributed by atoms with Gasteiger partial charge in [0.1, 0.15) is 11.7 Å². The minimum absolute atomic E-state index is 0.000966. The predicted octanol–water partition coefficient (Wildman–Crippen LogP) is -1.42. The Balaban J connectivity index is 1.64. The van der Waals surface area contributed by atoms with Crippen LogP contribution in [0.15, 0.2) is 6.33 Å². The fourth-order valence-electron chi connectivity index (χ4n) is 3.79. The van der Waals surface area contributed by atoms with Crippen molar-refractivity contribution in [1.82, 2.24) is 30.2 Å². The zero-order valence-corrected chi connectivity index (χ0v) is 17.5. The van der Waals surface area contributed by atoms with Crippen LogP contribution in [0.3, 0.4) is 0 Å². The number of amides is 2. The van der Waals surface area contributed by atoms with Gasteiger partial charge in [-0.3, -0.25) is 14.2 Å². The standard InChI is InChI=1S/C20H25N7O5/c1-2-22-18(29)15-11(28)9-13(32-15)27-10-24-14-16(21)25-12(26-17(14)27)5-7-20(31)6-3-4-8-23-19(20)30/h10-11,13,15,28,31H,2-4,6,8-9H2,1H3,(H,22,29)(H,23,30)(H2,21,25,26)/t11?,13-,15+,20?/m1/s1. The van der Waals surface area contributed by atoms with Gasteiger partial charge in [0.25, 0.3) is 11.8 Å². The average Bonchev–Trinajstić information content (AvgIpc) is 3.31. The van der Waals surface area contributed by atoms with E-state index in [-0.39, 0.29) is 24.5 Å². The number of anilines is 1. The normalized spacial score (nSPS) is 28.0. The summed E-state index contributed by atoms with van der Waals surface area (Å²) in [6, 6.07) is 0. The Bertz CT molecular complexity index is 1110. The summed E-state index contributed by atoms with van der Waals surface area (Å²) in [5, 5.41) is 26.2. The number of hydrogen-bond donors (Lipinski definition) is 5. The molecule has 2 aromatic rings. The molecule has 4 heterocycles. The number of fused-ring (bicyclic) bond motifs is 1. The lowest BCUT2D eigenvalue weighted by molar-refractivity contribution is -0.137. The molecule has 0 aromatic carbocycles. The fraction of sp³-hybridized carbons (Fsp3) is 0.550. The molecule has 12 heteroatoms. The number of hydrogen-bond acceptors (Lipinski definition) is 9. The van der Waals surface area contributed by atoms with Gasteiger partial charge in [-0.2, -0.15) is 0 Å². The molecule has 0 bridgehead atoms. The molecular weight excluding hydrogens is 418 g/mol. The number of nitrogens with zero attached hydrogens (tertiary/aromatic N) is 4. The SMILES string of the molecule is CCNC(=O)[C@H]1O[C@@H](n2cnc3c(N)nc(C#CC4(O)CCCCNC4=O)nc32)CC1O. The summed E-state index contributed by atoms with van der Waals surface area (Å²) in [5.41, 5.74) is 4.79. The molecule has 2 aliphatic heterocycles. The third-order valence-corrected chi connectivity index (χ3v) is 5.47. The van der Waals surface area contributed by atoms with Crippen molar-refractivity contribution in [3.63, 3.8) is 0 Å². The van der Waals surface area contributed by atoms with Gasteiger partial charge in [0, 0.05) is 19.5 Å². The summed E-state index contributed by atoms with van der Waals surface area (Å²) in [6.07, 6.45) is 0.492. The van der Waals surface area contributed by atoms with Gasteiger partial charge in [-0.25, -0.2) is 15.0 Å². The zero-order chi connectivity index (χ0) is 22.9. The van der Waals surface area contributed by atoms with E-state index < -0.39 is 35.9 Å². The monoisotopic (exact) mass is 443 g/mol. The number of likely N-dealkylation sites (N-methyl/N-ethyl adjacent to an activating group) is 1. The van der Waals surface area contributed by atoms with Gasteiger partial charge >= 0.3 is 0 Å². The zero-order valence-electron chi connectivity index (χ0n) is 17.5. The number of nitrogens with one attached hydrogen (secondary N) is 2. The molecule has 0 saturated carbocycles. The number of nitrogens with two attached hydrogens (primary N) is 1. The lowest BCUT2D eigenvalue weighted by Crippen LogP contribution is -2.44. The molecule has 2 fully saturated rings. The maximum absolute atomic E-state index is 12.2. The van der Waals surface area contributed by atoms with Gasteiger partial charge in [0.15, 0.2) is 17.6 Å². The third kappa shape index (κ3) is 4.10. The molecule has 4 rings (SSSR count). The van der Waals surface area contributed by atoms with Gasteiger partial charge in [-0.15, -0.1) is 0 Å². The molecule has 170 valence electrons. The Labute approximate surface area is 183 Å². The maximum atomic E-state index is 12.2. The Morgan fingerprint density at radius 3 is 3.06 bits per heavy atom. The van der Waals surface area contributed by atoms with Crippen LogP contribution < -0.4 is 16.4 Å². The molecule has 12 nitrogen and oxygen atoms in total. The van der Waals surface area contributed by atoms with Crippen LogP contribution in [0.5, 0.6) is 0 Å². The van der Waals surface area contributed by atoms with Crippen LogP contribution in [0.4, 0.5) is 5.82 Å². The third-order valence-electron chi connectivity index (χ3n) is 5.47. The second-order valence-corrected chi connectivity index (χ2v) is 7.79. The number of rotatable bonds is 3. The number of carbonyl (C=O) groups is 2. The molecule has 32 heavy (non-hydrogen) atoms. The minimum Gasteiger partial charge on any atom is -0.390 e. The number of aliphatic hydroxyl groups excluding tert-OH is 1. The summed E-state index contributed by atoms with van der Waals surface area (Å²) in [7, 11) is 0. The van der Waals surface area contributed by atoms with Crippen LogP contribution in [0.25, 0.3) is 11.2 Å². The van der Waals surface area contributed by atoms with Gasteiger partial charge in [0.05, 0.1) is 12.4 Å². The largest absolute Gasteiger partial charge is 0.390 e. The van der Waals surface area contributed by atoms with Crippen molar-refractivity contribution in [2.45, 2.75) is 56.6 Å². The first-order valence-corrected chi connectivity index (χ1v) is 10.5. The molecule has 0 aliphatic carbocycles. The first kappa shape index (κ1) is 21.9. The predicted molar refractivity (Wildman–Crippen MR) is 112 cm³/mol. The summed E-state index contributed by atoms with van der Waals surface area (Å²) in [6.45, 7) is 2.68. The highest BCUT2D eigenvalue weighted by molar-refractivity contribution is 5.89. The second-order valence-electron chi connectivity index (χ2n) is 7.79. The van der Waals surface area contributed by atoms with Crippen LogP contribution in [0, 0.1) is 11.8 Å². The highest BCUT2D eigenvalue weighted by Crippen LogP contribution is 2.31. The van der Waals surface area contributed by atoms with Crippen molar-refractivity contribution in [3.05, 3.63) is 12.2 Å². The fourth-order valence-corrected chi connectivity index (χ4v) is 3.79. The van der Waals surface area contributed by atoms with Gasteiger partial charge in [-0.1, -0.05) is 0 Å². The molecule has 4 atom stereocenters. The number of aromatic nitrogens is 4. The molecule has 2 aliphatic rings. The lowest BCUT2D eigenvalue weighted by Gasteiger charge is -2.17. The quantitative estimate of drug-likeness (QED) is 0.356. The maximum Gasteiger partial charge on any atom is 0.264 e. The molecule has 0 spiro atoms. The minimum atomic E-state index is -1.83. The van der Waals surface area contributed by atoms with E-state index in [4.69, 9.17) is 10.5 Å². The number of carbonyl (C=O) groups excluding carboxylic acids is 2. The van der Waals surface area contributed by atoms with Crippen molar-refractivity contribution < 1.29 is 24.5 Å². The molecule has 2 saturated heterocycles. The van der Waals surface area contributed by atoms with Gasteiger partial charge < -0.3 is 31.3 Å². The van der Waals surface area contributed by atoms with Crippen LogP contribution in [0.1, 0.15) is 44.7 Å². The summed E-state index contributed by atoms with van der Waals surface area (Å²) in [4.78, 5) is 37.0. The van der Waals surface area contributed by atoms with Crippen LogP contribution >= 0.6 is 0 Å². The molecule has 0 radical (unpaired) electrons. The van der Waals surface area contributed by atoms with E-state index >= 15 is 0 Å². The molecule has 2 aromatic heterocycles. The summed E-state index contributed by atoms with van der Waals surface area (Å²) < 4.78 is 7.30. The van der Waals surface area contributed by atoms with Crippen LogP contribution in [-0.2, 0) is 14.3 Å². The Kier molecular flexibility index (Phi) is 5.96. The Morgan fingerprint density at radius 1 is 1.47 bits per heavy atom. The van der Waals surface area contributed by atoms with Crippen molar-refractivity contribution in [2.24, 2.45) is 0 Å². The van der Waals surface area contributed by atoms with Crippen molar-refractivity contribution >= 4 is 28.8 Å². The van der Waals surface area contributed by atoms with E-state index in [1.807, 2.05) is 0 Å². The second kappa shape index (κ2) is 8.70. The van der Waals surface area contributed by atoms with Gasteiger partial charge in [0.2, 0.25) is 11.4 Å². The molecular formula is C20H25N7O5. The molecule has 2 unspecified atom stereocenters. The number of imidazole rings is 1.